The molecule has 0 radical (unpaired) electrons. The number of rotatable bonds is 4. The van der Waals surface area contributed by atoms with Crippen LogP contribution in [-0.4, -0.2) is 60.5 Å². The molecule has 1 atom stereocenters. The summed E-state index contributed by atoms with van der Waals surface area (Å²) in [5.41, 5.74) is 2.01. The topological polar surface area (TPSA) is 26.8 Å². The predicted molar refractivity (Wildman–Crippen MR) is 99.7 cm³/mol. The summed E-state index contributed by atoms with van der Waals surface area (Å²) < 4.78 is 0. The third-order valence-corrected chi connectivity index (χ3v) is 5.53. The molecule has 0 N–H and O–H groups in total. The van der Waals surface area contributed by atoms with Crippen LogP contribution in [0.2, 0.25) is 0 Å². The summed E-state index contributed by atoms with van der Waals surface area (Å²) in [6.45, 7) is 11.5. The van der Waals surface area contributed by atoms with Crippen LogP contribution in [0.5, 0.6) is 0 Å². The first-order chi connectivity index (χ1) is 11.6. The molecule has 24 heavy (non-hydrogen) atoms. The predicted octanol–water partition coefficient (Wildman–Crippen LogP) is 3.23. The van der Waals surface area contributed by atoms with Crippen LogP contribution < -0.4 is 4.90 Å². The molecule has 0 aromatic heterocycles. The van der Waals surface area contributed by atoms with Gasteiger partial charge >= 0.3 is 0 Å². The molecule has 2 aliphatic rings. The molecule has 2 fully saturated rings. The van der Waals surface area contributed by atoms with Gasteiger partial charge in [0, 0.05) is 50.5 Å². The van der Waals surface area contributed by atoms with E-state index >= 15 is 0 Å². The highest BCUT2D eigenvalue weighted by Crippen LogP contribution is 2.27. The lowest BCUT2D eigenvalue weighted by Crippen LogP contribution is -2.56. The van der Waals surface area contributed by atoms with Crippen molar-refractivity contribution in [3.05, 3.63) is 29.8 Å². The molecule has 2 saturated heterocycles. The van der Waals surface area contributed by atoms with Crippen molar-refractivity contribution in [3.8, 4) is 0 Å². The van der Waals surface area contributed by atoms with E-state index in [1.165, 1.54) is 12.8 Å². The Morgan fingerprint density at radius 2 is 1.83 bits per heavy atom. The van der Waals surface area contributed by atoms with Crippen LogP contribution in [0.4, 0.5) is 5.69 Å². The van der Waals surface area contributed by atoms with E-state index < -0.39 is 0 Å². The summed E-state index contributed by atoms with van der Waals surface area (Å²) in [5.74, 6) is 0.208. The van der Waals surface area contributed by atoms with E-state index in [2.05, 4.69) is 47.6 Å². The minimum Gasteiger partial charge on any atom is -0.371 e. The zero-order valence-corrected chi connectivity index (χ0v) is 15.4. The highest BCUT2D eigenvalue weighted by molar-refractivity contribution is 6.00. The zero-order chi connectivity index (χ0) is 17.1. The molecule has 132 valence electrons. The number of anilines is 1. The summed E-state index contributed by atoms with van der Waals surface area (Å²) in [6.07, 6.45) is 3.55. The highest BCUT2D eigenvalue weighted by Gasteiger charge is 2.31. The lowest BCUT2D eigenvalue weighted by molar-refractivity contribution is 0.0372. The molecule has 0 unspecified atom stereocenters. The quantitative estimate of drug-likeness (QED) is 0.848. The standard InChI is InChI=1S/C20H31N3O/c1-4-17-15-22(13-14-23(17)16(2)3)20(24)18-9-5-6-10-19(18)21-11-7-8-12-21/h5-6,9-10,16-17H,4,7-8,11-15H2,1-3H3/t17-/m0/s1. The molecule has 4 heteroatoms. The minimum absolute atomic E-state index is 0.208. The molecule has 1 aromatic rings. The van der Waals surface area contributed by atoms with Crippen LogP contribution in [-0.2, 0) is 0 Å². The number of nitrogens with zero attached hydrogens (tertiary/aromatic N) is 3. The maximum Gasteiger partial charge on any atom is 0.256 e. The van der Waals surface area contributed by atoms with E-state index in [4.69, 9.17) is 0 Å². The van der Waals surface area contributed by atoms with E-state index in [0.717, 1.165) is 50.4 Å². The molecular weight excluding hydrogens is 298 g/mol. The van der Waals surface area contributed by atoms with Gasteiger partial charge in [0.2, 0.25) is 0 Å². The van der Waals surface area contributed by atoms with Crippen molar-refractivity contribution in [1.82, 2.24) is 9.80 Å². The van der Waals surface area contributed by atoms with Crippen LogP contribution in [0.15, 0.2) is 24.3 Å². The Hall–Kier alpha value is -1.55. The van der Waals surface area contributed by atoms with Gasteiger partial charge in [-0.2, -0.15) is 0 Å². The van der Waals surface area contributed by atoms with E-state index in [-0.39, 0.29) is 5.91 Å². The average Bonchev–Trinajstić information content (AvgIpc) is 3.15. The molecule has 3 rings (SSSR count). The Kier molecular flexibility index (Phi) is 5.44. The van der Waals surface area contributed by atoms with Gasteiger partial charge in [-0.15, -0.1) is 0 Å². The Morgan fingerprint density at radius 1 is 1.12 bits per heavy atom. The average molecular weight is 329 g/mol. The monoisotopic (exact) mass is 329 g/mol. The van der Waals surface area contributed by atoms with E-state index in [1.807, 2.05) is 12.1 Å². The number of piperazine rings is 1. The van der Waals surface area contributed by atoms with Gasteiger partial charge in [0.15, 0.2) is 0 Å². The SMILES string of the molecule is CC[C@H]1CN(C(=O)c2ccccc2N2CCCC2)CCN1C(C)C. The fourth-order valence-corrected chi connectivity index (χ4v) is 4.16. The summed E-state index contributed by atoms with van der Waals surface area (Å²) in [5, 5.41) is 0. The highest BCUT2D eigenvalue weighted by atomic mass is 16.2. The third-order valence-electron chi connectivity index (χ3n) is 5.53. The zero-order valence-electron chi connectivity index (χ0n) is 15.4. The fraction of sp³-hybridized carbons (Fsp3) is 0.650. The van der Waals surface area contributed by atoms with Gasteiger partial charge in [0.05, 0.1) is 5.56 Å². The number of benzene rings is 1. The van der Waals surface area contributed by atoms with Crippen LogP contribution in [0.25, 0.3) is 0 Å². The van der Waals surface area contributed by atoms with Crippen LogP contribution in [0.3, 0.4) is 0 Å². The first-order valence-electron chi connectivity index (χ1n) is 9.50. The summed E-state index contributed by atoms with van der Waals surface area (Å²) in [6, 6.07) is 9.18. The smallest absolute Gasteiger partial charge is 0.256 e. The number of carbonyl (C=O) groups excluding carboxylic acids is 1. The van der Waals surface area contributed by atoms with E-state index in [1.54, 1.807) is 0 Å². The maximum atomic E-state index is 13.2. The Bertz CT molecular complexity index is 566. The summed E-state index contributed by atoms with van der Waals surface area (Å²) in [7, 11) is 0. The van der Waals surface area contributed by atoms with Crippen molar-refractivity contribution < 1.29 is 4.79 Å². The van der Waals surface area contributed by atoms with Crippen molar-refractivity contribution in [2.75, 3.05) is 37.6 Å². The number of hydrogen-bond donors (Lipinski definition) is 0. The number of amides is 1. The Balaban J connectivity index is 1.77. The molecule has 0 bridgehead atoms. The van der Waals surface area contributed by atoms with Gasteiger partial charge < -0.3 is 9.80 Å². The van der Waals surface area contributed by atoms with Gasteiger partial charge in [-0.1, -0.05) is 19.1 Å². The molecule has 1 aromatic carbocycles. The first-order valence-corrected chi connectivity index (χ1v) is 9.50. The van der Waals surface area contributed by atoms with Crippen LogP contribution in [0.1, 0.15) is 50.4 Å². The minimum atomic E-state index is 0.208. The van der Waals surface area contributed by atoms with Crippen molar-refractivity contribution in [2.24, 2.45) is 0 Å². The van der Waals surface area contributed by atoms with E-state index in [0.29, 0.717) is 12.1 Å². The molecule has 0 saturated carbocycles. The molecule has 0 aliphatic carbocycles. The fourth-order valence-electron chi connectivity index (χ4n) is 4.16. The van der Waals surface area contributed by atoms with Gasteiger partial charge in [0.25, 0.3) is 5.91 Å². The number of hydrogen-bond acceptors (Lipinski definition) is 3. The normalized spacial score (nSPS) is 22.4. The van der Waals surface area contributed by atoms with Crippen molar-refractivity contribution >= 4 is 11.6 Å². The largest absolute Gasteiger partial charge is 0.371 e. The molecular formula is C20H31N3O. The van der Waals surface area contributed by atoms with Gasteiger partial charge in [-0.3, -0.25) is 9.69 Å². The van der Waals surface area contributed by atoms with Gasteiger partial charge in [-0.05, 0) is 45.2 Å². The molecule has 2 aliphatic heterocycles. The van der Waals surface area contributed by atoms with Crippen molar-refractivity contribution in [1.29, 1.82) is 0 Å². The first kappa shape index (κ1) is 17.3. The third kappa shape index (κ3) is 3.44. The van der Waals surface area contributed by atoms with Crippen molar-refractivity contribution in [3.63, 3.8) is 0 Å². The Labute approximate surface area is 146 Å². The second kappa shape index (κ2) is 7.56. The van der Waals surface area contributed by atoms with Crippen molar-refractivity contribution in [2.45, 2.75) is 52.1 Å². The molecule has 2 heterocycles. The lowest BCUT2D eigenvalue weighted by Gasteiger charge is -2.43. The molecule has 1 amide bonds. The van der Waals surface area contributed by atoms with Gasteiger partial charge in [-0.25, -0.2) is 0 Å². The number of carbonyl (C=O) groups is 1. The van der Waals surface area contributed by atoms with Crippen LogP contribution in [0, 0.1) is 0 Å². The Morgan fingerprint density at radius 3 is 2.50 bits per heavy atom. The second-order valence-electron chi connectivity index (χ2n) is 7.36. The lowest BCUT2D eigenvalue weighted by atomic mass is 10.0. The maximum absolute atomic E-state index is 13.2. The number of para-hydroxylation sites is 1. The van der Waals surface area contributed by atoms with E-state index in [9.17, 15) is 4.79 Å². The molecule has 4 nitrogen and oxygen atoms in total. The van der Waals surface area contributed by atoms with Gasteiger partial charge in [0.1, 0.15) is 0 Å². The summed E-state index contributed by atoms with van der Waals surface area (Å²) >= 11 is 0. The van der Waals surface area contributed by atoms with Crippen LogP contribution >= 0.6 is 0 Å². The second-order valence-corrected chi connectivity index (χ2v) is 7.36. The summed E-state index contributed by atoms with van der Waals surface area (Å²) in [4.78, 5) is 20.2. The molecule has 0 spiro atoms.